The molecule has 0 saturated carbocycles. The molecule has 3 heteroatoms. The first-order valence-electron chi connectivity index (χ1n) is 2.22. The maximum absolute atomic E-state index is 11.2. The number of alkyl halides is 1. The van der Waals surface area contributed by atoms with Crippen LogP contribution in [-0.2, 0) is 15.9 Å². The van der Waals surface area contributed by atoms with Crippen molar-refractivity contribution < 1.29 is 8.60 Å². The van der Waals surface area contributed by atoms with Crippen molar-refractivity contribution in [2.75, 3.05) is 12.4 Å². The summed E-state index contributed by atoms with van der Waals surface area (Å²) in [4.78, 5) is 0. The number of unbranched alkanes of at least 4 members (excludes halogenated alkanes) is 1. The van der Waals surface area contributed by atoms with Gasteiger partial charge in [0.1, 0.15) is 0 Å². The van der Waals surface area contributed by atoms with Gasteiger partial charge in [0.2, 0.25) is 5.75 Å². The zero-order valence-corrected chi connectivity index (χ0v) is 4.84. The zero-order chi connectivity index (χ0) is 5.54. The van der Waals surface area contributed by atoms with E-state index in [1.165, 1.54) is 0 Å². The second-order valence-electron chi connectivity index (χ2n) is 1.22. The molecule has 0 aliphatic heterocycles. The van der Waals surface area contributed by atoms with Crippen molar-refractivity contribution >= 4 is 11.7 Å². The summed E-state index contributed by atoms with van der Waals surface area (Å²) >= 11 is 0.525. The fourth-order valence-electron chi connectivity index (χ4n) is 0.255. The normalized spacial score (nSPS) is 8.71. The molecule has 0 radical (unpaired) electrons. The molecule has 0 atom stereocenters. The van der Waals surface area contributed by atoms with Crippen LogP contribution in [0.15, 0.2) is 0 Å². The second-order valence-corrected chi connectivity index (χ2v) is 1.86. The van der Waals surface area contributed by atoms with Gasteiger partial charge in [-0.2, -0.15) is 0 Å². The van der Waals surface area contributed by atoms with Crippen molar-refractivity contribution in [3.05, 3.63) is 0 Å². The minimum atomic E-state index is -0.291. The summed E-state index contributed by atoms with van der Waals surface area (Å²) < 4.78 is 20.8. The molecule has 42 valence electrons. The largest absolute Gasteiger partial charge is 0.458 e. The minimum absolute atomic E-state index is 0.291. The lowest BCUT2D eigenvalue weighted by atomic mass is 10.4. The Hall–Kier alpha value is -0.0500. The highest BCUT2D eigenvalue weighted by Gasteiger charge is 1.94. The summed E-state index contributed by atoms with van der Waals surface area (Å²) in [6.45, 7) is -0.291. The van der Waals surface area contributed by atoms with Crippen LogP contribution in [0.25, 0.3) is 0 Å². The molecule has 0 aromatic rings. The van der Waals surface area contributed by atoms with Crippen LogP contribution in [0.1, 0.15) is 12.8 Å². The summed E-state index contributed by atoms with van der Waals surface area (Å²) in [6, 6.07) is 0. The molecule has 0 saturated heterocycles. The van der Waals surface area contributed by atoms with Gasteiger partial charge in [0.25, 0.3) is 0 Å². The van der Waals surface area contributed by atoms with Crippen molar-refractivity contribution in [1.29, 1.82) is 0 Å². The van der Waals surface area contributed by atoms with Gasteiger partial charge >= 0.3 is 11.7 Å². The standard InChI is InChI=1S/C4H8FOS/c5-3-1-2-4-7-6/h1-4H2/q+1. The van der Waals surface area contributed by atoms with Gasteiger partial charge in [0, 0.05) is 10.6 Å². The third-order valence-electron chi connectivity index (χ3n) is 0.611. The highest BCUT2D eigenvalue weighted by Crippen LogP contribution is 1.86. The second kappa shape index (κ2) is 5.95. The Morgan fingerprint density at radius 2 is 2.14 bits per heavy atom. The Morgan fingerprint density at radius 1 is 1.43 bits per heavy atom. The summed E-state index contributed by atoms with van der Waals surface area (Å²) in [5.41, 5.74) is 0. The molecule has 7 heavy (non-hydrogen) atoms. The van der Waals surface area contributed by atoms with Crippen LogP contribution in [0.5, 0.6) is 0 Å². The average Bonchev–Trinajstić information content (AvgIpc) is 1.69. The van der Waals surface area contributed by atoms with Crippen LogP contribution >= 0.6 is 0 Å². The Labute approximate surface area is 46.4 Å². The van der Waals surface area contributed by atoms with Gasteiger partial charge in [-0.1, -0.05) is 0 Å². The van der Waals surface area contributed by atoms with E-state index >= 15 is 0 Å². The van der Waals surface area contributed by atoms with E-state index < -0.39 is 0 Å². The number of halogens is 1. The fourth-order valence-corrected chi connectivity index (χ4v) is 0.577. The van der Waals surface area contributed by atoms with Gasteiger partial charge in [-0.3, -0.25) is 4.39 Å². The predicted molar refractivity (Wildman–Crippen MR) is 28.1 cm³/mol. The summed E-state index contributed by atoms with van der Waals surface area (Å²) in [6.07, 6.45) is 1.25. The van der Waals surface area contributed by atoms with E-state index in [0.717, 1.165) is 0 Å². The number of rotatable bonds is 4. The maximum atomic E-state index is 11.2. The molecule has 0 heterocycles. The van der Waals surface area contributed by atoms with Crippen LogP contribution in [0.3, 0.4) is 0 Å². The van der Waals surface area contributed by atoms with Gasteiger partial charge in [-0.25, -0.2) is 0 Å². The molecule has 0 aliphatic rings. The van der Waals surface area contributed by atoms with Crippen molar-refractivity contribution in [3.8, 4) is 0 Å². The van der Waals surface area contributed by atoms with Crippen LogP contribution in [0.4, 0.5) is 4.39 Å². The highest BCUT2D eigenvalue weighted by atomic mass is 32.1. The Kier molecular flexibility index (Phi) is 5.91. The topological polar surface area (TPSA) is 17.1 Å². The lowest BCUT2D eigenvalue weighted by molar-refractivity contribution is 0.469. The molecule has 0 aromatic carbocycles. The first kappa shape index (κ1) is 6.95. The molecule has 1 nitrogen and oxygen atoms in total. The molecule has 0 amide bonds. The molecule has 0 aliphatic carbocycles. The first-order valence-corrected chi connectivity index (χ1v) is 3.13. The fraction of sp³-hybridized carbons (Fsp3) is 1.00. The Balaban J connectivity index is 2.56. The van der Waals surface area contributed by atoms with Gasteiger partial charge in [0.05, 0.1) is 6.67 Å². The lowest BCUT2D eigenvalue weighted by Gasteiger charge is -1.77. The number of hydrogen-bond donors (Lipinski definition) is 0. The monoisotopic (exact) mass is 123 g/mol. The van der Waals surface area contributed by atoms with Crippen molar-refractivity contribution in [1.82, 2.24) is 0 Å². The Morgan fingerprint density at radius 3 is 2.57 bits per heavy atom. The number of hydrogen-bond acceptors (Lipinski definition) is 1. The van der Waals surface area contributed by atoms with Gasteiger partial charge in [-0.15, -0.1) is 0 Å². The maximum Gasteiger partial charge on any atom is 0.458 e. The van der Waals surface area contributed by atoms with E-state index in [-0.39, 0.29) is 6.67 Å². The smallest absolute Gasteiger partial charge is 0.251 e. The van der Waals surface area contributed by atoms with E-state index in [9.17, 15) is 8.60 Å². The molecule has 0 fully saturated rings. The van der Waals surface area contributed by atoms with E-state index in [2.05, 4.69) is 0 Å². The third kappa shape index (κ3) is 5.95. The first-order chi connectivity index (χ1) is 3.41. The van der Waals surface area contributed by atoms with Crippen molar-refractivity contribution in [3.63, 3.8) is 0 Å². The van der Waals surface area contributed by atoms with Crippen molar-refractivity contribution in [2.45, 2.75) is 12.8 Å². The molecule has 0 N–H and O–H groups in total. The van der Waals surface area contributed by atoms with Gasteiger partial charge in [-0.05, 0) is 6.42 Å². The van der Waals surface area contributed by atoms with Crippen LogP contribution in [0, 0.1) is 0 Å². The van der Waals surface area contributed by atoms with Crippen LogP contribution < -0.4 is 0 Å². The zero-order valence-electron chi connectivity index (χ0n) is 4.02. The van der Waals surface area contributed by atoms with Crippen LogP contribution in [-0.4, -0.2) is 12.4 Å². The van der Waals surface area contributed by atoms with E-state index in [1.807, 2.05) is 0 Å². The Bertz CT molecular complexity index is 49.0. The molecule has 0 bridgehead atoms. The summed E-state index contributed by atoms with van der Waals surface area (Å²) in [5.74, 6) is 0.546. The van der Waals surface area contributed by atoms with E-state index in [1.54, 1.807) is 0 Å². The molecule has 0 aromatic heterocycles. The average molecular weight is 123 g/mol. The van der Waals surface area contributed by atoms with E-state index in [0.29, 0.717) is 30.3 Å². The molecular formula is C4H8FOS+. The quantitative estimate of drug-likeness (QED) is 0.405. The predicted octanol–water partition coefficient (Wildman–Crippen LogP) is 1.16. The molecular weight excluding hydrogens is 115 g/mol. The molecule has 0 unspecified atom stereocenters. The molecule has 0 spiro atoms. The lowest BCUT2D eigenvalue weighted by Crippen LogP contribution is -1.81. The van der Waals surface area contributed by atoms with E-state index in [4.69, 9.17) is 0 Å². The minimum Gasteiger partial charge on any atom is -0.251 e. The van der Waals surface area contributed by atoms with Crippen molar-refractivity contribution in [2.24, 2.45) is 0 Å². The SMILES string of the molecule is O=[S+]CCCCF. The third-order valence-corrected chi connectivity index (χ3v) is 1.07. The molecule has 0 rings (SSSR count). The highest BCUT2D eigenvalue weighted by molar-refractivity contribution is 7.65. The van der Waals surface area contributed by atoms with Crippen LogP contribution in [0.2, 0.25) is 0 Å². The van der Waals surface area contributed by atoms with Gasteiger partial charge < -0.3 is 0 Å². The van der Waals surface area contributed by atoms with Gasteiger partial charge in [0.15, 0.2) is 0 Å². The summed E-state index contributed by atoms with van der Waals surface area (Å²) in [7, 11) is 0. The summed E-state index contributed by atoms with van der Waals surface area (Å²) in [5, 5.41) is 0.